The number of likely N-dealkylation sites (N-methyl/N-ethyl adjacent to an activating group) is 1. The van der Waals surface area contributed by atoms with Crippen LogP contribution in [0.3, 0.4) is 0 Å². The Labute approximate surface area is 107 Å². The van der Waals surface area contributed by atoms with Gasteiger partial charge in [0.1, 0.15) is 0 Å². The van der Waals surface area contributed by atoms with E-state index in [0.29, 0.717) is 24.3 Å². The lowest BCUT2D eigenvalue weighted by atomic mass is 10.2. The molecule has 1 rings (SSSR count). The Kier molecular flexibility index (Phi) is 5.32. The Morgan fingerprint density at radius 3 is 2.61 bits per heavy atom. The van der Waals surface area contributed by atoms with Gasteiger partial charge in [0.15, 0.2) is 0 Å². The number of hydrogen-bond acceptors (Lipinski definition) is 3. The van der Waals surface area contributed by atoms with Crippen LogP contribution in [0.5, 0.6) is 0 Å². The molecule has 0 radical (unpaired) electrons. The maximum absolute atomic E-state index is 11.6. The quantitative estimate of drug-likeness (QED) is 0.816. The van der Waals surface area contributed by atoms with Crippen molar-refractivity contribution in [2.75, 3.05) is 32.5 Å². The predicted molar refractivity (Wildman–Crippen MR) is 71.6 cm³/mol. The van der Waals surface area contributed by atoms with Gasteiger partial charge in [-0.25, -0.2) is 0 Å². The maximum Gasteiger partial charge on any atom is 0.251 e. The first-order chi connectivity index (χ1) is 8.52. The van der Waals surface area contributed by atoms with E-state index in [1.807, 2.05) is 21.0 Å². The number of hydrogen-bond donors (Lipinski definition) is 2. The van der Waals surface area contributed by atoms with E-state index in [9.17, 15) is 9.59 Å². The van der Waals surface area contributed by atoms with Crippen molar-refractivity contribution in [3.05, 3.63) is 29.8 Å². The van der Waals surface area contributed by atoms with Crippen molar-refractivity contribution in [1.82, 2.24) is 10.2 Å². The molecule has 2 N–H and O–H groups in total. The second-order valence-electron chi connectivity index (χ2n) is 4.23. The lowest BCUT2D eigenvalue weighted by Crippen LogP contribution is -2.27. The van der Waals surface area contributed by atoms with Crippen LogP contribution in [0.4, 0.5) is 5.69 Å². The summed E-state index contributed by atoms with van der Waals surface area (Å²) in [6.45, 7) is 2.75. The summed E-state index contributed by atoms with van der Waals surface area (Å²) in [5.74, 6) is -0.241. The predicted octanol–water partition coefficient (Wildman–Crippen LogP) is 0.936. The molecule has 1 aromatic carbocycles. The summed E-state index contributed by atoms with van der Waals surface area (Å²) in [4.78, 5) is 25.0. The second kappa shape index (κ2) is 6.76. The molecule has 2 amide bonds. The van der Waals surface area contributed by atoms with Gasteiger partial charge in [0.25, 0.3) is 5.91 Å². The molecule has 0 saturated carbocycles. The zero-order chi connectivity index (χ0) is 13.5. The van der Waals surface area contributed by atoms with Gasteiger partial charge in [0.2, 0.25) is 5.91 Å². The van der Waals surface area contributed by atoms with Gasteiger partial charge in [0, 0.05) is 17.8 Å². The van der Waals surface area contributed by atoms with Crippen molar-refractivity contribution in [1.29, 1.82) is 0 Å². The summed E-state index contributed by atoms with van der Waals surface area (Å²) in [6, 6.07) is 6.89. The fourth-order valence-corrected chi connectivity index (χ4v) is 1.49. The van der Waals surface area contributed by atoms with Crippen LogP contribution in [-0.4, -0.2) is 43.9 Å². The van der Waals surface area contributed by atoms with Crippen molar-refractivity contribution < 1.29 is 9.59 Å². The zero-order valence-electron chi connectivity index (χ0n) is 11.0. The highest BCUT2D eigenvalue weighted by atomic mass is 16.2. The monoisotopic (exact) mass is 249 g/mol. The van der Waals surface area contributed by atoms with Crippen molar-refractivity contribution in [3.63, 3.8) is 0 Å². The molecule has 0 bridgehead atoms. The topological polar surface area (TPSA) is 61.4 Å². The molecule has 0 spiro atoms. The zero-order valence-corrected chi connectivity index (χ0v) is 11.0. The number of benzene rings is 1. The Hall–Kier alpha value is -1.88. The summed E-state index contributed by atoms with van der Waals surface area (Å²) >= 11 is 0. The summed E-state index contributed by atoms with van der Waals surface area (Å²) in [5.41, 5.74) is 1.17. The number of amides is 2. The average Bonchev–Trinajstić information content (AvgIpc) is 2.28. The maximum atomic E-state index is 11.6. The second-order valence-corrected chi connectivity index (χ2v) is 4.23. The van der Waals surface area contributed by atoms with E-state index in [2.05, 4.69) is 10.6 Å². The molecule has 0 aliphatic heterocycles. The molecule has 0 aliphatic carbocycles. The van der Waals surface area contributed by atoms with Crippen molar-refractivity contribution >= 4 is 17.5 Å². The molecule has 0 heterocycles. The third-order valence-corrected chi connectivity index (χ3v) is 2.21. The minimum absolute atomic E-state index is 0.104. The summed E-state index contributed by atoms with van der Waals surface area (Å²) in [5, 5.41) is 5.46. The first-order valence-electron chi connectivity index (χ1n) is 5.85. The fourth-order valence-electron chi connectivity index (χ4n) is 1.49. The van der Waals surface area contributed by atoms with Crippen LogP contribution < -0.4 is 10.6 Å². The summed E-state index contributed by atoms with van der Waals surface area (Å²) in [6.07, 6.45) is 0. The van der Waals surface area contributed by atoms with Crippen LogP contribution >= 0.6 is 0 Å². The number of rotatable bonds is 5. The lowest BCUT2D eigenvalue weighted by Gasteiger charge is -2.10. The first kappa shape index (κ1) is 14.2. The first-order valence-corrected chi connectivity index (χ1v) is 5.85. The Balaban J connectivity index is 2.70. The van der Waals surface area contributed by atoms with Gasteiger partial charge in [-0.3, -0.25) is 9.59 Å². The van der Waals surface area contributed by atoms with Gasteiger partial charge in [-0.15, -0.1) is 0 Å². The van der Waals surface area contributed by atoms with Crippen LogP contribution in [0.15, 0.2) is 24.3 Å². The molecule has 0 aliphatic rings. The lowest BCUT2D eigenvalue weighted by molar-refractivity contribution is -0.116. The molecule has 0 unspecified atom stereocenters. The standard InChI is InChI=1S/C13H19N3O2/c1-4-14-13(18)10-6-5-7-11(8-10)15-12(17)9-16(2)3/h5-8H,4,9H2,1-3H3,(H,14,18)(H,15,17). The normalized spacial score (nSPS) is 10.2. The molecular weight excluding hydrogens is 230 g/mol. The number of carbonyl (C=O) groups excluding carboxylic acids is 2. The van der Waals surface area contributed by atoms with Gasteiger partial charge in [-0.05, 0) is 39.2 Å². The molecule has 0 aromatic heterocycles. The van der Waals surface area contributed by atoms with Crippen molar-refractivity contribution in [2.45, 2.75) is 6.92 Å². The van der Waals surface area contributed by atoms with Crippen LogP contribution in [0.2, 0.25) is 0 Å². The Morgan fingerprint density at radius 2 is 2.00 bits per heavy atom. The fraction of sp³-hybridized carbons (Fsp3) is 0.385. The van der Waals surface area contributed by atoms with Crippen LogP contribution in [0, 0.1) is 0 Å². The molecular formula is C13H19N3O2. The van der Waals surface area contributed by atoms with Gasteiger partial charge in [0.05, 0.1) is 6.54 Å². The van der Waals surface area contributed by atoms with E-state index in [4.69, 9.17) is 0 Å². The van der Waals surface area contributed by atoms with Crippen molar-refractivity contribution in [2.24, 2.45) is 0 Å². The minimum atomic E-state index is -0.138. The van der Waals surface area contributed by atoms with E-state index < -0.39 is 0 Å². The highest BCUT2D eigenvalue weighted by Crippen LogP contribution is 2.10. The minimum Gasteiger partial charge on any atom is -0.352 e. The third-order valence-electron chi connectivity index (χ3n) is 2.21. The van der Waals surface area contributed by atoms with E-state index in [0.717, 1.165) is 0 Å². The Bertz CT molecular complexity index is 430. The summed E-state index contributed by atoms with van der Waals surface area (Å²) < 4.78 is 0. The van der Waals surface area contributed by atoms with E-state index in [1.165, 1.54) is 0 Å². The van der Waals surface area contributed by atoms with Gasteiger partial charge in [-0.2, -0.15) is 0 Å². The van der Waals surface area contributed by atoms with Gasteiger partial charge >= 0.3 is 0 Å². The molecule has 5 nitrogen and oxygen atoms in total. The van der Waals surface area contributed by atoms with E-state index in [1.54, 1.807) is 29.2 Å². The third kappa shape index (κ3) is 4.55. The molecule has 1 aromatic rings. The highest BCUT2D eigenvalue weighted by molar-refractivity contribution is 5.97. The summed E-state index contributed by atoms with van der Waals surface area (Å²) in [7, 11) is 3.65. The van der Waals surface area contributed by atoms with Gasteiger partial charge in [-0.1, -0.05) is 6.07 Å². The molecule has 0 fully saturated rings. The van der Waals surface area contributed by atoms with Crippen molar-refractivity contribution in [3.8, 4) is 0 Å². The van der Waals surface area contributed by atoms with Crippen LogP contribution in [0.25, 0.3) is 0 Å². The molecule has 18 heavy (non-hydrogen) atoms. The SMILES string of the molecule is CCNC(=O)c1cccc(NC(=O)CN(C)C)c1. The average molecular weight is 249 g/mol. The molecule has 98 valence electrons. The number of nitrogens with zero attached hydrogens (tertiary/aromatic N) is 1. The highest BCUT2D eigenvalue weighted by Gasteiger charge is 2.07. The van der Waals surface area contributed by atoms with Gasteiger partial charge < -0.3 is 15.5 Å². The molecule has 0 saturated heterocycles. The smallest absolute Gasteiger partial charge is 0.251 e. The number of nitrogens with one attached hydrogen (secondary N) is 2. The molecule has 0 atom stereocenters. The Morgan fingerprint density at radius 1 is 1.28 bits per heavy atom. The molecule has 5 heteroatoms. The van der Waals surface area contributed by atoms with Crippen LogP contribution in [0.1, 0.15) is 17.3 Å². The number of carbonyl (C=O) groups is 2. The van der Waals surface area contributed by atoms with E-state index >= 15 is 0 Å². The largest absolute Gasteiger partial charge is 0.352 e. The van der Waals surface area contributed by atoms with Crippen LogP contribution in [-0.2, 0) is 4.79 Å². The van der Waals surface area contributed by atoms with E-state index in [-0.39, 0.29) is 11.8 Å². The number of anilines is 1.